The molecule has 4 heteroatoms. The van der Waals surface area contributed by atoms with Crippen LogP contribution in [0.3, 0.4) is 0 Å². The summed E-state index contributed by atoms with van der Waals surface area (Å²) in [7, 11) is 0. The Hall–Kier alpha value is -1.31. The molecule has 1 aliphatic heterocycles. The van der Waals surface area contributed by atoms with Gasteiger partial charge in [0.15, 0.2) is 11.5 Å². The predicted octanol–water partition coefficient (Wildman–Crippen LogP) is 1.87. The van der Waals surface area contributed by atoms with Crippen LogP contribution in [-0.2, 0) is 6.54 Å². The number of ether oxygens (including phenoxy) is 2. The highest BCUT2D eigenvalue weighted by Crippen LogP contribution is 2.35. The van der Waals surface area contributed by atoms with E-state index in [1.807, 2.05) is 12.1 Å². The molecule has 1 N–H and O–H groups in total. The fourth-order valence-electron chi connectivity index (χ4n) is 1.63. The largest absolute Gasteiger partial charge is 0.454 e. The van der Waals surface area contributed by atoms with Gasteiger partial charge in [0, 0.05) is 24.4 Å². The molecule has 0 radical (unpaired) electrons. The summed E-state index contributed by atoms with van der Waals surface area (Å²) in [6.45, 7) is 2.06. The van der Waals surface area contributed by atoms with Gasteiger partial charge in [0.05, 0.1) is 5.75 Å². The maximum absolute atomic E-state index is 5.43. The fraction of sp³-hybridized carbons (Fsp3) is 0.385. The van der Waals surface area contributed by atoms with Gasteiger partial charge in [-0.25, -0.2) is 0 Å². The second-order valence-corrected chi connectivity index (χ2v) is 4.69. The highest BCUT2D eigenvalue weighted by Gasteiger charge is 2.16. The lowest BCUT2D eigenvalue weighted by Gasteiger charge is -2.07. The first-order chi connectivity index (χ1) is 8.42. The minimum absolute atomic E-state index is 0.324. The van der Waals surface area contributed by atoms with Gasteiger partial charge in [-0.15, -0.1) is 18.2 Å². The minimum atomic E-state index is 0.324. The lowest BCUT2D eigenvalue weighted by molar-refractivity contribution is 0.173. The molecule has 1 aromatic carbocycles. The second kappa shape index (κ2) is 6.43. The van der Waals surface area contributed by atoms with Crippen LogP contribution in [0.1, 0.15) is 5.56 Å². The maximum atomic E-state index is 5.43. The standard InChI is InChI=1S/C13H15NO2S/c1-2-7-17-8-6-14-9-11-4-3-5-12-13(11)16-10-15-12/h1,3-5,14H,6-10H2. The van der Waals surface area contributed by atoms with Gasteiger partial charge in [-0.1, -0.05) is 18.1 Å². The smallest absolute Gasteiger partial charge is 0.231 e. The third kappa shape index (κ3) is 3.32. The third-order valence-electron chi connectivity index (χ3n) is 2.40. The van der Waals surface area contributed by atoms with Crippen molar-refractivity contribution in [2.24, 2.45) is 0 Å². The number of rotatable bonds is 6. The zero-order valence-corrected chi connectivity index (χ0v) is 10.4. The van der Waals surface area contributed by atoms with Crippen molar-refractivity contribution in [1.82, 2.24) is 5.32 Å². The summed E-state index contributed by atoms with van der Waals surface area (Å²) in [5, 5.41) is 3.37. The molecule has 3 nitrogen and oxygen atoms in total. The van der Waals surface area contributed by atoms with Crippen LogP contribution in [0.5, 0.6) is 11.5 Å². The van der Waals surface area contributed by atoms with E-state index in [0.29, 0.717) is 6.79 Å². The molecule has 0 unspecified atom stereocenters. The molecule has 0 atom stereocenters. The van der Waals surface area contributed by atoms with Crippen LogP contribution < -0.4 is 14.8 Å². The number of fused-ring (bicyclic) bond motifs is 1. The summed E-state index contributed by atoms with van der Waals surface area (Å²) < 4.78 is 10.8. The predicted molar refractivity (Wildman–Crippen MR) is 70.4 cm³/mol. The van der Waals surface area contributed by atoms with Crippen molar-refractivity contribution < 1.29 is 9.47 Å². The van der Waals surface area contributed by atoms with Crippen molar-refractivity contribution in [3.8, 4) is 23.8 Å². The van der Waals surface area contributed by atoms with Crippen molar-refractivity contribution >= 4 is 11.8 Å². The third-order valence-corrected chi connectivity index (χ3v) is 3.27. The summed E-state index contributed by atoms with van der Waals surface area (Å²) in [4.78, 5) is 0. The SMILES string of the molecule is C#CCSCCNCc1cccc2c1OCO2. The number of nitrogens with one attached hydrogen (secondary N) is 1. The monoisotopic (exact) mass is 249 g/mol. The highest BCUT2D eigenvalue weighted by molar-refractivity contribution is 7.99. The van der Waals surface area contributed by atoms with Gasteiger partial charge in [-0.3, -0.25) is 0 Å². The molecule has 0 amide bonds. The van der Waals surface area contributed by atoms with Crippen molar-refractivity contribution in [2.45, 2.75) is 6.54 Å². The Bertz CT molecular complexity index is 414. The number of thioether (sulfide) groups is 1. The van der Waals surface area contributed by atoms with Crippen LogP contribution in [0, 0.1) is 12.3 Å². The Kier molecular flexibility index (Phi) is 4.60. The highest BCUT2D eigenvalue weighted by atomic mass is 32.2. The van der Waals surface area contributed by atoms with E-state index in [4.69, 9.17) is 15.9 Å². The number of hydrogen-bond acceptors (Lipinski definition) is 4. The van der Waals surface area contributed by atoms with Gasteiger partial charge in [0.25, 0.3) is 0 Å². The van der Waals surface area contributed by atoms with Crippen molar-refractivity contribution in [3.05, 3.63) is 23.8 Å². The summed E-state index contributed by atoms with van der Waals surface area (Å²) in [6, 6.07) is 5.96. The van der Waals surface area contributed by atoms with Gasteiger partial charge >= 0.3 is 0 Å². The lowest BCUT2D eigenvalue weighted by atomic mass is 10.2. The van der Waals surface area contributed by atoms with Gasteiger partial charge in [0.1, 0.15) is 0 Å². The molecule has 1 aromatic rings. The lowest BCUT2D eigenvalue weighted by Crippen LogP contribution is -2.17. The van der Waals surface area contributed by atoms with Crippen LogP contribution in [0.4, 0.5) is 0 Å². The van der Waals surface area contributed by atoms with Crippen molar-refractivity contribution in [1.29, 1.82) is 0 Å². The van der Waals surface area contributed by atoms with Crippen LogP contribution in [0.25, 0.3) is 0 Å². The van der Waals surface area contributed by atoms with E-state index in [0.717, 1.165) is 41.7 Å². The normalized spacial score (nSPS) is 12.4. The van der Waals surface area contributed by atoms with E-state index >= 15 is 0 Å². The summed E-state index contributed by atoms with van der Waals surface area (Å²) in [6.07, 6.45) is 5.17. The average molecular weight is 249 g/mol. The van der Waals surface area contributed by atoms with Gasteiger partial charge in [0.2, 0.25) is 6.79 Å². The fourth-order valence-corrected chi connectivity index (χ4v) is 2.18. The Labute approximate surface area is 106 Å². The van der Waals surface area contributed by atoms with E-state index in [9.17, 15) is 0 Å². The molecule has 0 spiro atoms. The molecule has 0 saturated heterocycles. The van der Waals surface area contributed by atoms with Gasteiger partial charge in [-0.05, 0) is 6.07 Å². The van der Waals surface area contributed by atoms with Gasteiger partial charge in [-0.2, -0.15) is 0 Å². The molecule has 2 rings (SSSR count). The van der Waals surface area contributed by atoms with Crippen LogP contribution in [0.15, 0.2) is 18.2 Å². The number of terminal acetylenes is 1. The van der Waals surface area contributed by atoms with E-state index in [1.54, 1.807) is 11.8 Å². The number of benzene rings is 1. The molecule has 0 saturated carbocycles. The first-order valence-electron chi connectivity index (χ1n) is 5.51. The number of hydrogen-bond donors (Lipinski definition) is 1. The quantitative estimate of drug-likeness (QED) is 0.616. The van der Waals surface area contributed by atoms with Crippen molar-refractivity contribution in [3.63, 3.8) is 0 Å². The van der Waals surface area contributed by atoms with E-state index in [2.05, 4.69) is 17.3 Å². The number of para-hydroxylation sites is 1. The molecular formula is C13H15NO2S. The summed E-state index contributed by atoms with van der Waals surface area (Å²) in [5.41, 5.74) is 1.14. The first-order valence-corrected chi connectivity index (χ1v) is 6.66. The van der Waals surface area contributed by atoms with Gasteiger partial charge < -0.3 is 14.8 Å². The molecular weight excluding hydrogens is 234 g/mol. The Morgan fingerprint density at radius 1 is 1.41 bits per heavy atom. The van der Waals surface area contributed by atoms with E-state index < -0.39 is 0 Å². The van der Waals surface area contributed by atoms with Crippen LogP contribution in [0.2, 0.25) is 0 Å². The first kappa shape index (κ1) is 12.2. The van der Waals surface area contributed by atoms with E-state index in [1.165, 1.54) is 0 Å². The molecule has 0 bridgehead atoms. The zero-order chi connectivity index (χ0) is 11.9. The zero-order valence-electron chi connectivity index (χ0n) is 9.57. The molecule has 1 aliphatic rings. The summed E-state index contributed by atoms with van der Waals surface area (Å²) in [5.74, 6) is 6.12. The Balaban J connectivity index is 1.76. The second-order valence-electron chi connectivity index (χ2n) is 3.58. The minimum Gasteiger partial charge on any atom is -0.454 e. The molecule has 0 aliphatic carbocycles. The molecule has 17 heavy (non-hydrogen) atoms. The van der Waals surface area contributed by atoms with Crippen molar-refractivity contribution in [2.75, 3.05) is 24.8 Å². The Morgan fingerprint density at radius 3 is 3.24 bits per heavy atom. The van der Waals surface area contributed by atoms with Crippen LogP contribution >= 0.6 is 11.8 Å². The Morgan fingerprint density at radius 2 is 2.35 bits per heavy atom. The molecule has 90 valence electrons. The van der Waals surface area contributed by atoms with Crippen LogP contribution in [-0.4, -0.2) is 24.8 Å². The topological polar surface area (TPSA) is 30.5 Å². The molecule has 0 fully saturated rings. The molecule has 0 aromatic heterocycles. The van der Waals surface area contributed by atoms with E-state index in [-0.39, 0.29) is 0 Å². The molecule has 1 heterocycles. The average Bonchev–Trinajstić information content (AvgIpc) is 2.82. The maximum Gasteiger partial charge on any atom is 0.231 e. The summed E-state index contributed by atoms with van der Waals surface area (Å²) >= 11 is 1.76.